The van der Waals surface area contributed by atoms with E-state index in [9.17, 15) is 0 Å². The van der Waals surface area contributed by atoms with Crippen LogP contribution in [0.5, 0.6) is 0 Å². The van der Waals surface area contributed by atoms with Crippen LogP contribution in [0.1, 0.15) is 0 Å². The zero-order chi connectivity index (χ0) is 3.58. The van der Waals surface area contributed by atoms with Crippen molar-refractivity contribution in [3.05, 3.63) is 0 Å². The van der Waals surface area contributed by atoms with Gasteiger partial charge in [-0.15, -0.1) is 11.4 Å². The standard InChI is InChI=1S/H2O3S.H2O/c1-4(2)3;/h(H2,1,2,3);1H2/p-2. The molecule has 0 saturated carbocycles. The zero-order valence-electron chi connectivity index (χ0n) is 2.13. The molecule has 0 rings (SSSR count). The van der Waals surface area contributed by atoms with E-state index in [0.717, 1.165) is 0 Å². The largest absolute Gasteiger partial charge is 0.784 e. The highest BCUT2D eigenvalue weighted by atomic mass is 32.2. The molecule has 0 aliphatic carbocycles. The van der Waals surface area contributed by atoms with Crippen LogP contribution in [0.4, 0.5) is 0 Å². The van der Waals surface area contributed by atoms with Gasteiger partial charge in [-0.3, -0.25) is 4.21 Å². The van der Waals surface area contributed by atoms with Crippen molar-refractivity contribution in [2.24, 2.45) is 0 Å². The van der Waals surface area contributed by atoms with Gasteiger partial charge in [-0.05, 0) is 0 Å². The maximum Gasteiger partial charge on any atom is -0.142 e. The lowest BCUT2D eigenvalue weighted by Crippen LogP contribution is -1.76. The molecule has 0 aromatic heterocycles. The third kappa shape index (κ3) is 18500. The predicted molar refractivity (Wildman–Crippen MR) is 13.3 cm³/mol. The molecule has 0 amide bonds. The molecule has 0 heterocycles. The highest BCUT2D eigenvalue weighted by Gasteiger charge is 1.20. The van der Waals surface area contributed by atoms with Gasteiger partial charge in [-0.2, -0.15) is 0 Å². The highest BCUT2D eigenvalue weighted by molar-refractivity contribution is 7.72. The van der Waals surface area contributed by atoms with Crippen LogP contribution in [-0.2, 0) is 11.4 Å². The molecule has 0 unspecified atom stereocenters. The minimum Gasteiger partial charge on any atom is -0.784 e. The van der Waals surface area contributed by atoms with Crippen LogP contribution in [0.2, 0.25) is 0 Å². The summed E-state index contributed by atoms with van der Waals surface area (Å²) in [5.74, 6) is 0. The van der Waals surface area contributed by atoms with E-state index in [0.29, 0.717) is 0 Å². The Morgan fingerprint density at radius 1 is 1.40 bits per heavy atom. The Morgan fingerprint density at radius 3 is 1.40 bits per heavy atom. The average Bonchev–Trinajstić information content (AvgIpc) is 0.811. The topological polar surface area (TPSA) is 94.7 Å². The van der Waals surface area contributed by atoms with Crippen molar-refractivity contribution in [1.29, 1.82) is 0 Å². The molecule has 34 valence electrons. The summed E-state index contributed by atoms with van der Waals surface area (Å²) in [5.41, 5.74) is 0. The third-order valence-corrected chi connectivity index (χ3v) is 0. The SMILES string of the molecule is O.O=S([O-])[O-]. The maximum atomic E-state index is 8.44. The second-order valence-corrected chi connectivity index (χ2v) is 0.612. The van der Waals surface area contributed by atoms with Gasteiger partial charge in [0.2, 0.25) is 0 Å². The molecule has 0 fully saturated rings. The van der Waals surface area contributed by atoms with Crippen LogP contribution in [0.3, 0.4) is 0 Å². The summed E-state index contributed by atoms with van der Waals surface area (Å²) in [7, 11) is 0. The second kappa shape index (κ2) is 4.03. The Kier molecular flexibility index (Phi) is 7.17. The first-order valence-corrected chi connectivity index (χ1v) is 1.50. The van der Waals surface area contributed by atoms with Crippen molar-refractivity contribution in [3.8, 4) is 0 Å². The van der Waals surface area contributed by atoms with Crippen LogP contribution >= 0.6 is 0 Å². The predicted octanol–water partition coefficient (Wildman–Crippen LogP) is -1.83. The fourth-order valence-corrected chi connectivity index (χ4v) is 0. The Morgan fingerprint density at radius 2 is 1.40 bits per heavy atom. The summed E-state index contributed by atoms with van der Waals surface area (Å²) in [6.07, 6.45) is 0. The summed E-state index contributed by atoms with van der Waals surface area (Å²) in [6.45, 7) is 0. The Bertz CT molecular complexity index is 26.6. The van der Waals surface area contributed by atoms with E-state index in [2.05, 4.69) is 0 Å². The quantitative estimate of drug-likeness (QED) is 0.333. The van der Waals surface area contributed by atoms with Crippen LogP contribution in [0.15, 0.2) is 0 Å². The fraction of sp³-hybridized carbons (Fsp3) is 0. The fourth-order valence-electron chi connectivity index (χ4n) is 0. The Labute approximate surface area is 31.2 Å². The molecule has 5 heteroatoms. The van der Waals surface area contributed by atoms with Gasteiger partial charge in [0, 0.05) is 0 Å². The molecule has 0 spiro atoms. The van der Waals surface area contributed by atoms with Gasteiger partial charge in [0.1, 0.15) is 0 Å². The average molecular weight is 98.1 g/mol. The molecule has 0 saturated heterocycles. The number of hydrogen-bond acceptors (Lipinski definition) is 3. The summed E-state index contributed by atoms with van der Waals surface area (Å²) < 4.78 is 25.3. The summed E-state index contributed by atoms with van der Waals surface area (Å²) >= 11 is -3.11. The Balaban J connectivity index is 0. The molecule has 0 aliphatic heterocycles. The molecule has 0 atom stereocenters. The number of hydrogen-bond donors (Lipinski definition) is 0. The van der Waals surface area contributed by atoms with Gasteiger partial charge >= 0.3 is 0 Å². The lowest BCUT2D eigenvalue weighted by atomic mass is 15.8. The third-order valence-electron chi connectivity index (χ3n) is 0. The van der Waals surface area contributed by atoms with Gasteiger partial charge < -0.3 is 14.6 Å². The van der Waals surface area contributed by atoms with E-state index in [1.54, 1.807) is 0 Å². The molecule has 0 radical (unpaired) electrons. The lowest BCUT2D eigenvalue weighted by Gasteiger charge is -2.03. The van der Waals surface area contributed by atoms with Gasteiger partial charge in [0.25, 0.3) is 0 Å². The first-order valence-electron chi connectivity index (χ1n) is 0.500. The first kappa shape index (κ1) is 8.90. The summed E-state index contributed by atoms with van der Waals surface area (Å²) in [4.78, 5) is 0. The first-order chi connectivity index (χ1) is 1.73. The van der Waals surface area contributed by atoms with Crippen LogP contribution in [-0.4, -0.2) is 18.8 Å². The molecular weight excluding hydrogens is 96.1 g/mol. The molecule has 4 nitrogen and oxygen atoms in total. The zero-order valence-corrected chi connectivity index (χ0v) is 2.95. The van der Waals surface area contributed by atoms with E-state index in [1.807, 2.05) is 0 Å². The highest BCUT2D eigenvalue weighted by Crippen LogP contribution is 1.42. The smallest absolute Gasteiger partial charge is 0.142 e. The summed E-state index contributed by atoms with van der Waals surface area (Å²) in [6, 6.07) is 0. The van der Waals surface area contributed by atoms with Gasteiger partial charge in [-0.1, -0.05) is 0 Å². The molecule has 2 N–H and O–H groups in total. The van der Waals surface area contributed by atoms with E-state index in [1.165, 1.54) is 0 Å². The van der Waals surface area contributed by atoms with Crippen molar-refractivity contribution in [2.45, 2.75) is 0 Å². The van der Waals surface area contributed by atoms with Crippen LogP contribution < -0.4 is 0 Å². The van der Waals surface area contributed by atoms with Crippen molar-refractivity contribution in [3.63, 3.8) is 0 Å². The van der Waals surface area contributed by atoms with Crippen molar-refractivity contribution < 1.29 is 18.8 Å². The van der Waals surface area contributed by atoms with Gasteiger partial charge in [0.15, 0.2) is 0 Å². The second-order valence-electron chi connectivity index (χ2n) is 0.204. The molecule has 0 bridgehead atoms. The van der Waals surface area contributed by atoms with E-state index >= 15 is 0 Å². The van der Waals surface area contributed by atoms with Crippen LogP contribution in [0.25, 0.3) is 0 Å². The normalized spacial score (nSPS) is 7.00. The molecule has 0 aromatic carbocycles. The van der Waals surface area contributed by atoms with E-state index in [4.69, 9.17) is 13.3 Å². The Hall–Kier alpha value is 0.0300. The van der Waals surface area contributed by atoms with Crippen molar-refractivity contribution in [2.75, 3.05) is 0 Å². The minimum atomic E-state index is -3.11. The van der Waals surface area contributed by atoms with Crippen molar-refractivity contribution in [1.82, 2.24) is 0 Å². The van der Waals surface area contributed by atoms with Crippen LogP contribution in [0, 0.1) is 0 Å². The lowest BCUT2D eigenvalue weighted by molar-refractivity contribution is 0.419. The number of rotatable bonds is 0. The minimum absolute atomic E-state index is 0. The van der Waals surface area contributed by atoms with Gasteiger partial charge in [-0.25, -0.2) is 0 Å². The molecular formula is H2O4S-2. The van der Waals surface area contributed by atoms with E-state index in [-0.39, 0.29) is 5.48 Å². The molecule has 5 heavy (non-hydrogen) atoms. The molecule has 0 aliphatic rings. The molecule has 0 aromatic rings. The maximum absolute atomic E-state index is 8.44. The van der Waals surface area contributed by atoms with E-state index < -0.39 is 11.4 Å². The van der Waals surface area contributed by atoms with Crippen molar-refractivity contribution >= 4 is 11.4 Å². The van der Waals surface area contributed by atoms with Gasteiger partial charge in [0.05, 0.1) is 0 Å². The summed E-state index contributed by atoms with van der Waals surface area (Å²) in [5, 5.41) is 0. The monoisotopic (exact) mass is 98.0 g/mol.